The van der Waals surface area contributed by atoms with Gasteiger partial charge in [0.25, 0.3) is 0 Å². The molecule has 0 atom stereocenters. The molecule has 0 spiro atoms. The maximum atomic E-state index is 9.65. The number of aryl methyl sites for hydroxylation is 1. The molecular weight excluding hydrogens is 456 g/mol. The summed E-state index contributed by atoms with van der Waals surface area (Å²) in [5.74, 6) is 1.28. The zero-order valence-corrected chi connectivity index (χ0v) is 20.5. The number of anilines is 1. The van der Waals surface area contributed by atoms with Crippen molar-refractivity contribution in [1.29, 1.82) is 5.26 Å². The monoisotopic (exact) mass is 482 g/mol. The van der Waals surface area contributed by atoms with Gasteiger partial charge in [0.2, 0.25) is 5.95 Å². The van der Waals surface area contributed by atoms with Gasteiger partial charge in [-0.25, -0.2) is 15.0 Å². The number of nitrogens with zero attached hydrogens (tertiary/aromatic N) is 6. The summed E-state index contributed by atoms with van der Waals surface area (Å²) >= 11 is 8.35. The lowest BCUT2D eigenvalue weighted by Gasteiger charge is -2.30. The van der Waals surface area contributed by atoms with Gasteiger partial charge in [-0.05, 0) is 50.8 Å². The quantitative estimate of drug-likeness (QED) is 0.487. The van der Waals surface area contributed by atoms with Gasteiger partial charge in [0, 0.05) is 31.9 Å². The minimum Gasteiger partial charge on any atom is -0.351 e. The number of hydrogen-bond acceptors (Lipinski definition) is 8. The molecule has 8 nitrogen and oxygen atoms in total. The molecule has 2 aromatic heterocycles. The van der Waals surface area contributed by atoms with Crippen molar-refractivity contribution < 1.29 is 0 Å². The molecule has 4 rings (SSSR count). The van der Waals surface area contributed by atoms with Gasteiger partial charge in [-0.3, -0.25) is 4.31 Å². The Kier molecular flexibility index (Phi) is 7.50. The van der Waals surface area contributed by atoms with Crippen molar-refractivity contribution in [3.8, 4) is 23.1 Å². The van der Waals surface area contributed by atoms with Gasteiger partial charge in [0.05, 0.1) is 22.5 Å². The molecule has 3 heterocycles. The van der Waals surface area contributed by atoms with Crippen LogP contribution in [0.3, 0.4) is 0 Å². The van der Waals surface area contributed by atoms with Crippen LogP contribution in [0.25, 0.3) is 17.1 Å². The van der Waals surface area contributed by atoms with Gasteiger partial charge in [-0.15, -0.1) is 0 Å². The van der Waals surface area contributed by atoms with E-state index < -0.39 is 0 Å². The number of imidazole rings is 1. The molecule has 2 N–H and O–H groups in total. The molecule has 1 aliphatic rings. The Labute approximate surface area is 203 Å². The molecule has 1 aromatic carbocycles. The third-order valence-corrected chi connectivity index (χ3v) is 6.92. The van der Waals surface area contributed by atoms with Crippen LogP contribution in [0.2, 0.25) is 5.02 Å². The van der Waals surface area contributed by atoms with E-state index in [1.165, 1.54) is 0 Å². The van der Waals surface area contributed by atoms with Crippen LogP contribution in [0.15, 0.2) is 30.6 Å². The molecule has 33 heavy (non-hydrogen) atoms. The number of hydrogen-bond donors (Lipinski definition) is 2. The average Bonchev–Trinajstić information content (AvgIpc) is 3.21. The second kappa shape index (κ2) is 10.5. The highest BCUT2D eigenvalue weighted by Gasteiger charge is 2.21. The second-order valence-corrected chi connectivity index (χ2v) is 9.25. The summed E-state index contributed by atoms with van der Waals surface area (Å²) in [5.41, 5.74) is 3.45. The SMILES string of the molecule is CNCc1ccc(-n2cc(-c3nc(NC4CCN(SC)CC4)ncc3C#N)nc2C)c(Cl)c1. The van der Waals surface area contributed by atoms with Crippen molar-refractivity contribution in [3.05, 3.63) is 52.6 Å². The Morgan fingerprint density at radius 2 is 2.06 bits per heavy atom. The van der Waals surface area contributed by atoms with E-state index in [1.807, 2.05) is 42.9 Å². The van der Waals surface area contributed by atoms with Gasteiger partial charge in [0.15, 0.2) is 0 Å². The molecule has 0 unspecified atom stereocenters. The molecule has 1 fully saturated rings. The minimum absolute atomic E-state index is 0.309. The van der Waals surface area contributed by atoms with Crippen LogP contribution in [-0.4, -0.2) is 56.3 Å². The number of rotatable bonds is 7. The third kappa shape index (κ3) is 5.31. The second-order valence-electron chi connectivity index (χ2n) is 7.96. The van der Waals surface area contributed by atoms with Crippen molar-refractivity contribution in [2.75, 3.05) is 31.7 Å². The number of aromatic nitrogens is 4. The lowest BCUT2D eigenvalue weighted by molar-refractivity contribution is 0.358. The molecule has 1 aliphatic heterocycles. The molecule has 0 aliphatic carbocycles. The Bertz CT molecular complexity index is 1160. The average molecular weight is 483 g/mol. The highest BCUT2D eigenvalue weighted by molar-refractivity contribution is 7.96. The van der Waals surface area contributed by atoms with Crippen LogP contribution in [0.1, 0.15) is 29.8 Å². The zero-order valence-electron chi connectivity index (χ0n) is 19.0. The fraction of sp³-hybridized carbons (Fsp3) is 0.391. The molecule has 0 radical (unpaired) electrons. The fourth-order valence-corrected chi connectivity index (χ4v) is 4.85. The third-order valence-electron chi connectivity index (χ3n) is 5.73. The summed E-state index contributed by atoms with van der Waals surface area (Å²) in [6.07, 6.45) is 7.59. The van der Waals surface area contributed by atoms with E-state index >= 15 is 0 Å². The number of nitrogens with one attached hydrogen (secondary N) is 2. The molecule has 0 saturated carbocycles. The maximum Gasteiger partial charge on any atom is 0.223 e. The molecule has 1 saturated heterocycles. The van der Waals surface area contributed by atoms with E-state index in [0.29, 0.717) is 34.0 Å². The van der Waals surface area contributed by atoms with Gasteiger partial charge in [-0.1, -0.05) is 29.6 Å². The standard InChI is InChI=1S/C23H27ClN8S/c1-15-28-20(14-32(15)21-5-4-16(12-26-2)10-19(21)24)22-17(11-25)13-27-23(30-22)29-18-6-8-31(33-3)9-7-18/h4-5,10,13-14,18,26H,6-9,12H2,1-3H3,(H,27,29,30). The van der Waals surface area contributed by atoms with Gasteiger partial charge in [-0.2, -0.15) is 5.26 Å². The highest BCUT2D eigenvalue weighted by Crippen LogP contribution is 2.28. The van der Waals surface area contributed by atoms with Crippen LogP contribution >= 0.6 is 23.5 Å². The van der Waals surface area contributed by atoms with Crippen LogP contribution < -0.4 is 10.6 Å². The Morgan fingerprint density at radius 3 is 2.73 bits per heavy atom. The van der Waals surface area contributed by atoms with Crippen LogP contribution in [0.4, 0.5) is 5.95 Å². The normalized spacial score (nSPS) is 14.9. The van der Waals surface area contributed by atoms with E-state index in [9.17, 15) is 5.26 Å². The molecule has 0 bridgehead atoms. The summed E-state index contributed by atoms with van der Waals surface area (Å²) in [6.45, 7) is 4.71. The van der Waals surface area contributed by atoms with Crippen molar-refractivity contribution in [1.82, 2.24) is 29.1 Å². The van der Waals surface area contributed by atoms with Crippen molar-refractivity contribution in [2.24, 2.45) is 0 Å². The van der Waals surface area contributed by atoms with Gasteiger partial charge in [0.1, 0.15) is 23.3 Å². The fourth-order valence-electron chi connectivity index (χ4n) is 3.98. The maximum absolute atomic E-state index is 9.65. The summed E-state index contributed by atoms with van der Waals surface area (Å²) in [6, 6.07) is 8.46. The number of nitriles is 1. The van der Waals surface area contributed by atoms with Crippen LogP contribution in [-0.2, 0) is 6.54 Å². The number of halogens is 1. The first-order valence-electron chi connectivity index (χ1n) is 10.8. The predicted molar refractivity (Wildman–Crippen MR) is 134 cm³/mol. The molecular formula is C23H27ClN8S. The minimum atomic E-state index is 0.309. The number of benzene rings is 1. The predicted octanol–water partition coefficient (Wildman–Crippen LogP) is 4.04. The first-order valence-corrected chi connectivity index (χ1v) is 12.4. The smallest absolute Gasteiger partial charge is 0.223 e. The molecule has 10 heteroatoms. The first-order chi connectivity index (χ1) is 16.0. The van der Waals surface area contributed by atoms with E-state index in [0.717, 1.165) is 49.6 Å². The lowest BCUT2D eigenvalue weighted by Crippen LogP contribution is -2.35. The largest absolute Gasteiger partial charge is 0.351 e. The van der Waals surface area contributed by atoms with Crippen molar-refractivity contribution >= 4 is 29.5 Å². The Morgan fingerprint density at radius 1 is 1.27 bits per heavy atom. The van der Waals surface area contributed by atoms with E-state index in [-0.39, 0.29) is 0 Å². The molecule has 3 aromatic rings. The summed E-state index contributed by atoms with van der Waals surface area (Å²) in [5, 5.41) is 16.8. The van der Waals surface area contributed by atoms with Crippen LogP contribution in [0.5, 0.6) is 0 Å². The van der Waals surface area contributed by atoms with E-state index in [2.05, 4.69) is 42.2 Å². The summed E-state index contributed by atoms with van der Waals surface area (Å²) < 4.78 is 4.28. The van der Waals surface area contributed by atoms with Crippen molar-refractivity contribution in [3.63, 3.8) is 0 Å². The van der Waals surface area contributed by atoms with E-state index in [1.54, 1.807) is 18.1 Å². The number of piperidine rings is 1. The van der Waals surface area contributed by atoms with Crippen molar-refractivity contribution in [2.45, 2.75) is 32.4 Å². The zero-order chi connectivity index (χ0) is 23.4. The Balaban J connectivity index is 1.61. The highest BCUT2D eigenvalue weighted by atomic mass is 35.5. The Hall–Kier alpha value is -2.64. The molecule has 172 valence electrons. The van der Waals surface area contributed by atoms with Crippen LogP contribution in [0, 0.1) is 18.3 Å². The first kappa shape index (κ1) is 23.5. The van der Waals surface area contributed by atoms with Gasteiger partial charge >= 0.3 is 0 Å². The molecule has 0 amide bonds. The van der Waals surface area contributed by atoms with Gasteiger partial charge < -0.3 is 15.2 Å². The summed E-state index contributed by atoms with van der Waals surface area (Å²) in [7, 11) is 1.90. The summed E-state index contributed by atoms with van der Waals surface area (Å²) in [4.78, 5) is 13.7. The lowest BCUT2D eigenvalue weighted by atomic mass is 10.1. The van der Waals surface area contributed by atoms with E-state index in [4.69, 9.17) is 11.6 Å². The topological polar surface area (TPSA) is 94.7 Å².